The van der Waals surface area contributed by atoms with Crippen LogP contribution in [0, 0.1) is 0 Å². The van der Waals surface area contributed by atoms with Gasteiger partial charge in [-0.3, -0.25) is 4.90 Å². The predicted octanol–water partition coefficient (Wildman–Crippen LogP) is 6.28. The fraction of sp³-hybridized carbons (Fsp3) is 0.478. The van der Waals surface area contributed by atoms with Gasteiger partial charge in [-0.05, 0) is 56.3 Å². The lowest BCUT2D eigenvalue weighted by atomic mass is 10.2. The third-order valence-electron chi connectivity index (χ3n) is 5.02. The quantitative estimate of drug-likeness (QED) is 0.328. The molecule has 0 atom stereocenters. The van der Waals surface area contributed by atoms with Crippen molar-refractivity contribution in [2.75, 3.05) is 46.0 Å². The number of rotatable bonds is 11. The van der Waals surface area contributed by atoms with Gasteiger partial charge in [-0.15, -0.1) is 24.8 Å². The number of nitrogens with zero attached hydrogens (tertiary/aromatic N) is 1. The highest BCUT2D eigenvalue weighted by Crippen LogP contribution is 2.37. The average Bonchev–Trinajstić information content (AvgIpc) is 2.75. The van der Waals surface area contributed by atoms with Gasteiger partial charge in [-0.2, -0.15) is 0 Å². The molecule has 2 aromatic rings. The molecule has 0 bridgehead atoms. The molecular weight excluding hydrogens is 530 g/mol. The normalized spacial score (nSPS) is 13.7. The van der Waals surface area contributed by atoms with Gasteiger partial charge in [0.25, 0.3) is 0 Å². The number of hydrogen-bond acceptors (Lipinski definition) is 5. The Morgan fingerprint density at radius 3 is 2.45 bits per heavy atom. The van der Waals surface area contributed by atoms with Crippen LogP contribution in [0.5, 0.6) is 11.5 Å². The lowest BCUT2D eigenvalue weighted by Gasteiger charge is -2.26. The van der Waals surface area contributed by atoms with Crippen LogP contribution < -0.4 is 14.8 Å². The minimum Gasteiger partial charge on any atom is -0.490 e. The number of hydrogen-bond donors (Lipinski definition) is 1. The number of morpholine rings is 1. The van der Waals surface area contributed by atoms with Crippen molar-refractivity contribution in [3.63, 3.8) is 0 Å². The van der Waals surface area contributed by atoms with E-state index in [1.54, 1.807) is 12.1 Å². The van der Waals surface area contributed by atoms with Crippen LogP contribution in [-0.2, 0) is 17.9 Å². The zero-order chi connectivity index (χ0) is 22.1. The lowest BCUT2D eigenvalue weighted by molar-refractivity contribution is 0.0374. The lowest BCUT2D eigenvalue weighted by Crippen LogP contribution is -2.37. The highest BCUT2D eigenvalue weighted by molar-refractivity contribution is 6.35. The summed E-state index contributed by atoms with van der Waals surface area (Å²) in [6, 6.07) is 9.21. The zero-order valence-corrected chi connectivity index (χ0v) is 22.5. The van der Waals surface area contributed by atoms with E-state index in [9.17, 15) is 0 Å². The van der Waals surface area contributed by atoms with E-state index in [1.807, 2.05) is 25.1 Å². The number of halogens is 5. The first-order valence-corrected chi connectivity index (χ1v) is 11.7. The summed E-state index contributed by atoms with van der Waals surface area (Å²) in [7, 11) is 0. The van der Waals surface area contributed by atoms with Gasteiger partial charge in [0, 0.05) is 35.2 Å². The fourth-order valence-electron chi connectivity index (χ4n) is 3.40. The van der Waals surface area contributed by atoms with Gasteiger partial charge in [-0.1, -0.05) is 40.9 Å². The maximum absolute atomic E-state index is 6.54. The van der Waals surface area contributed by atoms with E-state index in [0.717, 1.165) is 56.9 Å². The SMILES string of the molecule is CCOc1cc(CNCCCN2CCOCC2)cc(Cl)c1OCc1ccc(Cl)cc1Cl.Cl.Cl. The third kappa shape index (κ3) is 9.87. The summed E-state index contributed by atoms with van der Waals surface area (Å²) in [6.07, 6.45) is 1.09. The first-order chi connectivity index (χ1) is 15.1. The van der Waals surface area contributed by atoms with E-state index < -0.39 is 0 Å². The Balaban J connectivity index is 0.00000272. The largest absolute Gasteiger partial charge is 0.490 e. The maximum atomic E-state index is 6.54. The van der Waals surface area contributed by atoms with Crippen LogP contribution in [0.2, 0.25) is 15.1 Å². The number of ether oxygens (including phenoxy) is 3. The Hall–Kier alpha value is -0.630. The van der Waals surface area contributed by atoms with Crippen LogP contribution in [0.1, 0.15) is 24.5 Å². The van der Waals surface area contributed by atoms with E-state index >= 15 is 0 Å². The molecule has 5 nitrogen and oxygen atoms in total. The summed E-state index contributed by atoms with van der Waals surface area (Å²) in [5.41, 5.74) is 1.88. The second kappa shape index (κ2) is 16.1. The molecule has 0 amide bonds. The highest BCUT2D eigenvalue weighted by atomic mass is 35.5. The zero-order valence-electron chi connectivity index (χ0n) is 18.6. The summed E-state index contributed by atoms with van der Waals surface area (Å²) >= 11 is 18.8. The minimum atomic E-state index is 0. The molecule has 3 rings (SSSR count). The molecule has 1 aliphatic rings. The standard InChI is InChI=1S/C23H29Cl3N2O3.2ClH/c1-2-30-22-13-17(15-27-6-3-7-28-8-10-29-11-9-28)12-21(26)23(22)31-16-18-4-5-19(24)14-20(18)25;;/h4-5,12-14,27H,2-3,6-11,15-16H2,1H3;2*1H. The highest BCUT2D eigenvalue weighted by Gasteiger charge is 2.14. The van der Waals surface area contributed by atoms with Crippen LogP contribution in [0.15, 0.2) is 30.3 Å². The van der Waals surface area contributed by atoms with Gasteiger partial charge in [-0.25, -0.2) is 0 Å². The molecule has 1 fully saturated rings. The molecule has 0 radical (unpaired) electrons. The molecule has 2 aromatic carbocycles. The van der Waals surface area contributed by atoms with Gasteiger partial charge in [0.1, 0.15) is 6.61 Å². The molecule has 1 heterocycles. The van der Waals surface area contributed by atoms with Crippen molar-refractivity contribution in [1.82, 2.24) is 10.2 Å². The third-order valence-corrected chi connectivity index (χ3v) is 5.88. The van der Waals surface area contributed by atoms with Crippen molar-refractivity contribution in [3.05, 3.63) is 56.5 Å². The van der Waals surface area contributed by atoms with Gasteiger partial charge >= 0.3 is 0 Å². The maximum Gasteiger partial charge on any atom is 0.180 e. The molecular formula is C23H31Cl5N2O3. The summed E-state index contributed by atoms with van der Waals surface area (Å²) in [4.78, 5) is 2.44. The predicted molar refractivity (Wildman–Crippen MR) is 141 cm³/mol. The topological polar surface area (TPSA) is 43.0 Å². The van der Waals surface area contributed by atoms with Crippen LogP contribution in [0.4, 0.5) is 0 Å². The van der Waals surface area contributed by atoms with Crippen LogP contribution in [-0.4, -0.2) is 50.9 Å². The molecule has 33 heavy (non-hydrogen) atoms. The van der Waals surface area contributed by atoms with Crippen LogP contribution in [0.3, 0.4) is 0 Å². The fourth-order valence-corrected chi connectivity index (χ4v) is 4.15. The minimum absolute atomic E-state index is 0. The van der Waals surface area contributed by atoms with Gasteiger partial charge in [0.2, 0.25) is 0 Å². The Bertz CT molecular complexity index is 851. The monoisotopic (exact) mass is 558 g/mol. The molecule has 0 unspecified atom stereocenters. The Morgan fingerprint density at radius 1 is 1.00 bits per heavy atom. The van der Waals surface area contributed by atoms with Crippen molar-refractivity contribution in [3.8, 4) is 11.5 Å². The first-order valence-electron chi connectivity index (χ1n) is 10.6. The molecule has 186 valence electrons. The van der Waals surface area contributed by atoms with E-state index in [-0.39, 0.29) is 31.4 Å². The molecule has 1 saturated heterocycles. The summed E-state index contributed by atoms with van der Waals surface area (Å²) in [5, 5.41) is 5.14. The van der Waals surface area contributed by atoms with Gasteiger partial charge in [0.05, 0.1) is 24.8 Å². The molecule has 0 aliphatic carbocycles. The van der Waals surface area contributed by atoms with Crippen LogP contribution in [0.25, 0.3) is 0 Å². The van der Waals surface area contributed by atoms with E-state index in [2.05, 4.69) is 10.2 Å². The second-order valence-electron chi connectivity index (χ2n) is 7.35. The van der Waals surface area contributed by atoms with Crippen LogP contribution >= 0.6 is 59.6 Å². The second-order valence-corrected chi connectivity index (χ2v) is 8.60. The van der Waals surface area contributed by atoms with Crippen molar-refractivity contribution < 1.29 is 14.2 Å². The number of benzene rings is 2. The smallest absolute Gasteiger partial charge is 0.180 e. The Morgan fingerprint density at radius 2 is 1.76 bits per heavy atom. The Labute approximate surface area is 223 Å². The first kappa shape index (κ1) is 30.4. The van der Waals surface area contributed by atoms with Crippen molar-refractivity contribution in [2.24, 2.45) is 0 Å². The molecule has 0 aromatic heterocycles. The van der Waals surface area contributed by atoms with E-state index in [0.29, 0.717) is 39.7 Å². The van der Waals surface area contributed by atoms with Crippen molar-refractivity contribution in [2.45, 2.75) is 26.5 Å². The van der Waals surface area contributed by atoms with Gasteiger partial charge in [0.15, 0.2) is 11.5 Å². The average molecular weight is 561 g/mol. The summed E-state index contributed by atoms with van der Waals surface area (Å²) < 4.78 is 17.2. The molecule has 1 N–H and O–H groups in total. The van der Waals surface area contributed by atoms with Gasteiger partial charge < -0.3 is 19.5 Å². The van der Waals surface area contributed by atoms with E-state index in [1.165, 1.54) is 0 Å². The van der Waals surface area contributed by atoms with Crippen molar-refractivity contribution >= 4 is 59.6 Å². The summed E-state index contributed by atoms with van der Waals surface area (Å²) in [6.45, 7) is 9.19. The summed E-state index contributed by atoms with van der Waals surface area (Å²) in [5.74, 6) is 1.15. The molecule has 0 spiro atoms. The van der Waals surface area contributed by atoms with E-state index in [4.69, 9.17) is 49.0 Å². The van der Waals surface area contributed by atoms with Crippen molar-refractivity contribution in [1.29, 1.82) is 0 Å². The molecule has 1 aliphatic heterocycles. The number of nitrogens with one attached hydrogen (secondary N) is 1. The Kier molecular flexibility index (Phi) is 14.8. The molecule has 0 saturated carbocycles. The molecule has 10 heteroatoms.